The van der Waals surface area contributed by atoms with Crippen LogP contribution >= 0.6 is 0 Å². The van der Waals surface area contributed by atoms with Crippen LogP contribution in [0.1, 0.15) is 53.6 Å². The highest BCUT2D eigenvalue weighted by atomic mass is 16.7. The molecule has 5 aromatic rings. The molecule has 0 saturated carbocycles. The third-order valence-corrected chi connectivity index (χ3v) is 10.7. The number of oxime groups is 1. The van der Waals surface area contributed by atoms with E-state index < -0.39 is 107 Å². The first-order chi connectivity index (χ1) is 28.6. The first-order valence-corrected chi connectivity index (χ1v) is 17.9. The van der Waals surface area contributed by atoms with E-state index in [1.165, 1.54) is 11.5 Å². The lowest BCUT2D eigenvalue weighted by Gasteiger charge is -2.35. The molecule has 1 aliphatic carbocycles. The summed E-state index contributed by atoms with van der Waals surface area (Å²) in [6.45, 7) is 2.14. The summed E-state index contributed by atoms with van der Waals surface area (Å²) in [5, 5.41) is 52.5. The molecule has 3 aromatic carbocycles. The Bertz CT molecular complexity index is 2860. The third kappa shape index (κ3) is 5.74. The van der Waals surface area contributed by atoms with Crippen LogP contribution in [0.5, 0.6) is 5.75 Å². The fourth-order valence-electron chi connectivity index (χ4n) is 8.07. The second-order valence-electron chi connectivity index (χ2n) is 13.7. The minimum atomic E-state index is -2.18. The fourth-order valence-corrected chi connectivity index (χ4v) is 8.07. The smallest absolute Gasteiger partial charge is 0.355 e. The molecular formula is C38H27N7O15. The van der Waals surface area contributed by atoms with Crippen LogP contribution in [0.15, 0.2) is 58.5 Å². The van der Waals surface area contributed by atoms with Crippen LogP contribution < -0.4 is 10.3 Å². The zero-order chi connectivity index (χ0) is 42.9. The summed E-state index contributed by atoms with van der Waals surface area (Å²) in [5.74, 6) is -1.61. The van der Waals surface area contributed by atoms with Gasteiger partial charge in [-0.25, -0.2) is 14.6 Å². The van der Waals surface area contributed by atoms with E-state index >= 15 is 0 Å². The number of hydrogen-bond acceptors (Lipinski definition) is 17. The molecule has 0 unspecified atom stereocenters. The molecular weight excluding hydrogens is 794 g/mol. The Morgan fingerprint density at radius 2 is 1.52 bits per heavy atom. The third-order valence-electron chi connectivity index (χ3n) is 10.7. The van der Waals surface area contributed by atoms with E-state index in [9.17, 15) is 54.8 Å². The highest BCUT2D eigenvalue weighted by Crippen LogP contribution is 2.50. The summed E-state index contributed by atoms with van der Waals surface area (Å²) >= 11 is 0. The molecule has 0 spiro atoms. The van der Waals surface area contributed by atoms with Crippen molar-refractivity contribution in [2.24, 2.45) is 5.16 Å². The molecule has 8 rings (SSSR count). The number of nitro benzene ring substituents is 4. The van der Waals surface area contributed by atoms with E-state index in [-0.39, 0.29) is 24.1 Å². The van der Waals surface area contributed by atoms with Gasteiger partial charge in [0, 0.05) is 39.8 Å². The summed E-state index contributed by atoms with van der Waals surface area (Å²) < 4.78 is 18.1. The number of carbonyl (C=O) groups is 2. The Hall–Kier alpha value is -8.17. The van der Waals surface area contributed by atoms with Crippen molar-refractivity contribution in [1.82, 2.24) is 9.55 Å². The molecule has 2 aromatic heterocycles. The van der Waals surface area contributed by atoms with Crippen LogP contribution in [-0.4, -0.2) is 60.6 Å². The van der Waals surface area contributed by atoms with Crippen molar-refractivity contribution in [1.29, 1.82) is 0 Å². The van der Waals surface area contributed by atoms with Gasteiger partial charge in [0.1, 0.15) is 18.1 Å². The Morgan fingerprint density at radius 3 is 2.07 bits per heavy atom. The van der Waals surface area contributed by atoms with Crippen molar-refractivity contribution in [2.75, 3.05) is 13.7 Å². The van der Waals surface area contributed by atoms with E-state index in [1.807, 2.05) is 13.0 Å². The van der Waals surface area contributed by atoms with Gasteiger partial charge in [-0.2, -0.15) is 0 Å². The first kappa shape index (κ1) is 38.7. The van der Waals surface area contributed by atoms with Gasteiger partial charge in [0.25, 0.3) is 28.3 Å². The van der Waals surface area contributed by atoms with Crippen LogP contribution in [0.2, 0.25) is 0 Å². The lowest BCUT2D eigenvalue weighted by molar-refractivity contribution is -0.395. The van der Waals surface area contributed by atoms with E-state index in [1.54, 1.807) is 25.3 Å². The second-order valence-corrected chi connectivity index (χ2v) is 13.7. The zero-order valence-electron chi connectivity index (χ0n) is 31.4. The zero-order valence-corrected chi connectivity index (χ0v) is 31.4. The van der Waals surface area contributed by atoms with Crippen LogP contribution in [0.4, 0.5) is 22.7 Å². The number of cyclic esters (lactones) is 1. The SMILES string of the molecule is CCc1c2c(nc3ccc(OC)cc13)-c1cc3c(c(=O)n1C2)COC(=O)[C@@]3(CC)OC(=O)CON=C1c2cc([N+](=O)[O-])cc([N+](=O)[O-])c2-c2c1cc([N+](=O)[O-])cc2[N+](=O)[O-]. The summed E-state index contributed by atoms with van der Waals surface area (Å²) in [4.78, 5) is 95.3. The van der Waals surface area contributed by atoms with Crippen LogP contribution in [0.25, 0.3) is 33.4 Å². The second kappa shape index (κ2) is 14.0. The van der Waals surface area contributed by atoms with Gasteiger partial charge in [-0.05, 0) is 42.7 Å². The number of esters is 2. The van der Waals surface area contributed by atoms with Crippen molar-refractivity contribution < 1.29 is 48.3 Å². The number of aryl methyl sites for hydroxylation is 1. The molecule has 0 amide bonds. The maximum atomic E-state index is 14.1. The monoisotopic (exact) mass is 821 g/mol. The summed E-state index contributed by atoms with van der Waals surface area (Å²) in [6.07, 6.45) is 0.374. The van der Waals surface area contributed by atoms with Gasteiger partial charge in [-0.1, -0.05) is 19.0 Å². The number of rotatable bonds is 11. The van der Waals surface area contributed by atoms with E-state index in [0.717, 1.165) is 28.6 Å². The van der Waals surface area contributed by atoms with Gasteiger partial charge in [0.05, 0.1) is 79.1 Å². The number of nitro groups is 4. The first-order valence-electron chi connectivity index (χ1n) is 17.9. The molecule has 0 saturated heterocycles. The normalized spacial score (nSPS) is 15.5. The van der Waals surface area contributed by atoms with Crippen molar-refractivity contribution >= 4 is 51.3 Å². The van der Waals surface area contributed by atoms with Gasteiger partial charge in [0.2, 0.25) is 12.2 Å². The standard InChI is InChI=1S/C38H27N7O15/c1-4-20-21-12-19(57-3)6-7-27(21)39-35-24(20)14-41-30(35)13-26-25(36(41)47)15-58-37(48)38(26,5-2)60-31(46)16-59-40-34-22-8-17(42(49)50)10-28(44(53)54)32(22)33-23(34)9-18(43(51)52)11-29(33)45(55)56/h6-13H,4-5,14-16H2,1-3H3/t38-/m0/s1. The van der Waals surface area contributed by atoms with Gasteiger partial charge < -0.3 is 23.6 Å². The Morgan fingerprint density at radius 1 is 0.883 bits per heavy atom. The highest BCUT2D eigenvalue weighted by Gasteiger charge is 2.51. The van der Waals surface area contributed by atoms with Gasteiger partial charge in [-0.3, -0.25) is 45.3 Å². The number of carbonyl (C=O) groups excluding carboxylic acids is 2. The largest absolute Gasteiger partial charge is 0.497 e. The van der Waals surface area contributed by atoms with Gasteiger partial charge >= 0.3 is 11.9 Å². The summed E-state index contributed by atoms with van der Waals surface area (Å²) in [7, 11) is 1.55. The maximum absolute atomic E-state index is 14.1. The van der Waals surface area contributed by atoms with Crippen LogP contribution in [0.3, 0.4) is 0 Å². The lowest BCUT2D eigenvalue weighted by Crippen LogP contribution is -2.48. The Balaban J connectivity index is 1.18. The molecule has 2 aliphatic heterocycles. The summed E-state index contributed by atoms with van der Waals surface area (Å²) in [6, 6.07) is 9.74. The van der Waals surface area contributed by atoms with Crippen LogP contribution in [-0.2, 0) is 49.1 Å². The Labute approximate surface area is 334 Å². The number of aromatic nitrogens is 2. The van der Waals surface area contributed by atoms with Crippen molar-refractivity contribution in [3.63, 3.8) is 0 Å². The summed E-state index contributed by atoms with van der Waals surface area (Å²) in [5.41, 5.74) is -5.29. The maximum Gasteiger partial charge on any atom is 0.355 e. The number of methoxy groups -OCH3 is 1. The molecule has 22 nitrogen and oxygen atoms in total. The number of hydrogen-bond donors (Lipinski definition) is 0. The van der Waals surface area contributed by atoms with Gasteiger partial charge in [-0.15, -0.1) is 0 Å². The topological polar surface area (TPSA) is 291 Å². The minimum Gasteiger partial charge on any atom is -0.497 e. The van der Waals surface area contributed by atoms with E-state index in [0.29, 0.717) is 41.2 Å². The fraction of sp³-hybridized carbons (Fsp3) is 0.237. The average molecular weight is 822 g/mol. The molecule has 304 valence electrons. The molecule has 0 bridgehead atoms. The molecule has 22 heteroatoms. The van der Waals surface area contributed by atoms with Crippen molar-refractivity contribution in [3.05, 3.63) is 133 Å². The number of pyridine rings is 2. The minimum absolute atomic E-state index is 0.0526. The van der Waals surface area contributed by atoms with Gasteiger partial charge in [0.15, 0.2) is 0 Å². The van der Waals surface area contributed by atoms with Crippen LogP contribution in [0, 0.1) is 40.5 Å². The molecule has 4 heterocycles. The highest BCUT2D eigenvalue weighted by molar-refractivity contribution is 6.27. The Kier molecular flexibility index (Phi) is 9.05. The van der Waals surface area contributed by atoms with E-state index in [4.69, 9.17) is 24.0 Å². The quantitative estimate of drug-likeness (QED) is 0.0910. The molecule has 0 radical (unpaired) electrons. The average Bonchev–Trinajstić information content (AvgIpc) is 3.75. The number of nitrogens with zero attached hydrogens (tertiary/aromatic N) is 7. The van der Waals surface area contributed by atoms with E-state index in [2.05, 4.69) is 5.16 Å². The van der Waals surface area contributed by atoms with Crippen molar-refractivity contribution in [3.8, 4) is 28.3 Å². The molecule has 3 aliphatic rings. The molecule has 1 atom stereocenters. The number of benzene rings is 3. The predicted octanol–water partition coefficient (Wildman–Crippen LogP) is 5.28. The number of ether oxygens (including phenoxy) is 3. The number of non-ortho nitro benzene ring substituents is 2. The lowest BCUT2D eigenvalue weighted by atomic mass is 9.85. The molecule has 60 heavy (non-hydrogen) atoms. The number of fused-ring (bicyclic) bond motifs is 8. The van der Waals surface area contributed by atoms with Crippen molar-refractivity contribution in [2.45, 2.75) is 45.4 Å². The molecule has 0 fully saturated rings. The predicted molar refractivity (Wildman–Crippen MR) is 204 cm³/mol. The molecule has 0 N–H and O–H groups in total.